The van der Waals surface area contributed by atoms with E-state index in [9.17, 15) is 4.39 Å². The lowest BCUT2D eigenvalue weighted by Gasteiger charge is -2.03. The quantitative estimate of drug-likeness (QED) is 0.687. The van der Waals surface area contributed by atoms with Crippen LogP contribution in [-0.2, 0) is 0 Å². The van der Waals surface area contributed by atoms with Gasteiger partial charge in [-0.25, -0.2) is 4.39 Å². The fourth-order valence-electron chi connectivity index (χ4n) is 1.28. The van der Waals surface area contributed by atoms with Crippen LogP contribution in [0.2, 0.25) is 0 Å². The SMILES string of the molecule is Cc1cccc(-c2cnccn2)c1F. The van der Waals surface area contributed by atoms with E-state index in [0.717, 1.165) is 0 Å². The van der Waals surface area contributed by atoms with E-state index < -0.39 is 0 Å². The summed E-state index contributed by atoms with van der Waals surface area (Å²) in [6.45, 7) is 1.73. The second kappa shape index (κ2) is 3.54. The van der Waals surface area contributed by atoms with Crippen molar-refractivity contribution < 1.29 is 4.39 Å². The van der Waals surface area contributed by atoms with Crippen LogP contribution in [0.3, 0.4) is 0 Å². The smallest absolute Gasteiger partial charge is 0.135 e. The van der Waals surface area contributed by atoms with Crippen LogP contribution in [0.4, 0.5) is 4.39 Å². The Bertz CT molecular complexity index is 440. The van der Waals surface area contributed by atoms with E-state index in [1.807, 2.05) is 6.07 Å². The fourth-order valence-corrected chi connectivity index (χ4v) is 1.28. The minimum atomic E-state index is -0.229. The number of rotatable bonds is 1. The molecule has 0 aliphatic rings. The molecule has 0 aliphatic heterocycles. The Kier molecular flexibility index (Phi) is 2.23. The van der Waals surface area contributed by atoms with Crippen molar-refractivity contribution in [1.82, 2.24) is 9.97 Å². The maximum absolute atomic E-state index is 13.6. The minimum Gasteiger partial charge on any atom is -0.261 e. The Morgan fingerprint density at radius 2 is 2.07 bits per heavy atom. The van der Waals surface area contributed by atoms with Crippen molar-refractivity contribution in [2.45, 2.75) is 6.92 Å². The molecule has 0 aliphatic carbocycles. The van der Waals surface area contributed by atoms with Crippen LogP contribution in [0.25, 0.3) is 11.3 Å². The van der Waals surface area contributed by atoms with E-state index in [2.05, 4.69) is 9.97 Å². The first-order chi connectivity index (χ1) is 6.79. The van der Waals surface area contributed by atoms with E-state index in [0.29, 0.717) is 16.8 Å². The van der Waals surface area contributed by atoms with E-state index in [1.54, 1.807) is 37.6 Å². The third-order valence-electron chi connectivity index (χ3n) is 2.03. The van der Waals surface area contributed by atoms with Crippen LogP contribution in [-0.4, -0.2) is 9.97 Å². The first-order valence-electron chi connectivity index (χ1n) is 4.30. The van der Waals surface area contributed by atoms with Crippen molar-refractivity contribution in [3.63, 3.8) is 0 Å². The minimum absolute atomic E-state index is 0.229. The third kappa shape index (κ3) is 1.48. The van der Waals surface area contributed by atoms with Gasteiger partial charge in [-0.15, -0.1) is 0 Å². The molecule has 2 aromatic rings. The van der Waals surface area contributed by atoms with Crippen LogP contribution < -0.4 is 0 Å². The average molecular weight is 188 g/mol. The van der Waals surface area contributed by atoms with Crippen molar-refractivity contribution >= 4 is 0 Å². The highest BCUT2D eigenvalue weighted by Crippen LogP contribution is 2.21. The van der Waals surface area contributed by atoms with Crippen molar-refractivity contribution in [2.75, 3.05) is 0 Å². The van der Waals surface area contributed by atoms with E-state index in [1.165, 1.54) is 0 Å². The van der Waals surface area contributed by atoms with Gasteiger partial charge in [0.05, 0.1) is 11.9 Å². The highest BCUT2D eigenvalue weighted by atomic mass is 19.1. The summed E-state index contributed by atoms with van der Waals surface area (Å²) < 4.78 is 13.6. The lowest BCUT2D eigenvalue weighted by molar-refractivity contribution is 0.621. The lowest BCUT2D eigenvalue weighted by atomic mass is 10.1. The number of halogens is 1. The monoisotopic (exact) mass is 188 g/mol. The van der Waals surface area contributed by atoms with Crippen LogP contribution in [0.1, 0.15) is 5.56 Å². The number of nitrogens with zero attached hydrogens (tertiary/aromatic N) is 2. The standard InChI is InChI=1S/C11H9FN2/c1-8-3-2-4-9(11(8)12)10-7-13-5-6-14-10/h2-7H,1H3. The zero-order valence-corrected chi connectivity index (χ0v) is 7.74. The molecule has 0 amide bonds. The summed E-state index contributed by atoms with van der Waals surface area (Å²) in [4.78, 5) is 7.95. The highest BCUT2D eigenvalue weighted by Gasteiger charge is 2.07. The molecule has 3 heteroatoms. The summed E-state index contributed by atoms with van der Waals surface area (Å²) in [5.74, 6) is -0.229. The van der Waals surface area contributed by atoms with E-state index >= 15 is 0 Å². The van der Waals surface area contributed by atoms with Gasteiger partial charge in [0.25, 0.3) is 0 Å². The largest absolute Gasteiger partial charge is 0.261 e. The van der Waals surface area contributed by atoms with Gasteiger partial charge in [0.1, 0.15) is 5.82 Å². The maximum Gasteiger partial charge on any atom is 0.135 e. The second-order valence-electron chi connectivity index (χ2n) is 3.03. The first kappa shape index (κ1) is 8.81. The van der Waals surface area contributed by atoms with Crippen molar-refractivity contribution in [3.8, 4) is 11.3 Å². The lowest BCUT2D eigenvalue weighted by Crippen LogP contribution is -1.90. The fraction of sp³-hybridized carbons (Fsp3) is 0.0909. The van der Waals surface area contributed by atoms with Gasteiger partial charge < -0.3 is 0 Å². The summed E-state index contributed by atoms with van der Waals surface area (Å²) in [5, 5.41) is 0. The molecule has 70 valence electrons. The van der Waals surface area contributed by atoms with Gasteiger partial charge in [-0.1, -0.05) is 12.1 Å². The summed E-state index contributed by atoms with van der Waals surface area (Å²) in [7, 11) is 0. The molecular weight excluding hydrogens is 179 g/mol. The normalized spacial score (nSPS) is 10.1. The zero-order valence-electron chi connectivity index (χ0n) is 7.74. The molecule has 0 bridgehead atoms. The molecule has 0 atom stereocenters. The molecule has 0 radical (unpaired) electrons. The summed E-state index contributed by atoms with van der Waals surface area (Å²) in [6.07, 6.45) is 4.67. The molecule has 0 unspecified atom stereocenters. The molecule has 2 nitrogen and oxygen atoms in total. The van der Waals surface area contributed by atoms with Crippen LogP contribution >= 0.6 is 0 Å². The van der Waals surface area contributed by atoms with Gasteiger partial charge in [0.15, 0.2) is 0 Å². The highest BCUT2D eigenvalue weighted by molar-refractivity contribution is 5.59. The summed E-state index contributed by atoms with van der Waals surface area (Å²) >= 11 is 0. The molecule has 0 N–H and O–H groups in total. The molecule has 14 heavy (non-hydrogen) atoms. The molecule has 0 saturated carbocycles. The van der Waals surface area contributed by atoms with Gasteiger partial charge in [-0.2, -0.15) is 0 Å². The molecular formula is C11H9FN2. The van der Waals surface area contributed by atoms with Gasteiger partial charge in [0.2, 0.25) is 0 Å². The molecule has 2 rings (SSSR count). The van der Waals surface area contributed by atoms with E-state index in [4.69, 9.17) is 0 Å². The molecule has 0 fully saturated rings. The number of hydrogen-bond donors (Lipinski definition) is 0. The molecule has 1 aromatic carbocycles. The predicted octanol–water partition coefficient (Wildman–Crippen LogP) is 2.59. The molecule has 0 saturated heterocycles. The average Bonchev–Trinajstić information content (AvgIpc) is 2.23. The molecule has 0 spiro atoms. The Labute approximate surface area is 81.5 Å². The van der Waals surface area contributed by atoms with Gasteiger partial charge in [0, 0.05) is 18.0 Å². The molecule has 1 heterocycles. The van der Waals surface area contributed by atoms with Crippen molar-refractivity contribution in [3.05, 3.63) is 48.2 Å². The maximum atomic E-state index is 13.6. The van der Waals surface area contributed by atoms with Crippen LogP contribution in [0.5, 0.6) is 0 Å². The Balaban J connectivity index is 2.58. The van der Waals surface area contributed by atoms with Crippen molar-refractivity contribution in [1.29, 1.82) is 0 Å². The Hall–Kier alpha value is -1.77. The van der Waals surface area contributed by atoms with Gasteiger partial charge in [-0.05, 0) is 18.6 Å². The second-order valence-corrected chi connectivity index (χ2v) is 3.03. The summed E-state index contributed by atoms with van der Waals surface area (Å²) in [5.41, 5.74) is 1.68. The number of aryl methyl sites for hydroxylation is 1. The Morgan fingerprint density at radius 3 is 2.79 bits per heavy atom. The van der Waals surface area contributed by atoms with Crippen LogP contribution in [0, 0.1) is 12.7 Å². The molecule has 1 aromatic heterocycles. The third-order valence-corrected chi connectivity index (χ3v) is 2.03. The van der Waals surface area contributed by atoms with Crippen molar-refractivity contribution in [2.24, 2.45) is 0 Å². The topological polar surface area (TPSA) is 25.8 Å². The first-order valence-corrected chi connectivity index (χ1v) is 4.30. The predicted molar refractivity (Wildman–Crippen MR) is 52.2 cm³/mol. The van der Waals surface area contributed by atoms with Gasteiger partial charge >= 0.3 is 0 Å². The number of hydrogen-bond acceptors (Lipinski definition) is 2. The van der Waals surface area contributed by atoms with Crippen LogP contribution in [0.15, 0.2) is 36.8 Å². The number of benzene rings is 1. The Morgan fingerprint density at radius 1 is 1.21 bits per heavy atom. The number of aromatic nitrogens is 2. The van der Waals surface area contributed by atoms with E-state index in [-0.39, 0.29) is 5.82 Å². The zero-order chi connectivity index (χ0) is 9.97. The van der Waals surface area contributed by atoms with Gasteiger partial charge in [-0.3, -0.25) is 9.97 Å². The summed E-state index contributed by atoms with van der Waals surface area (Å²) in [6, 6.07) is 5.24.